The Balaban J connectivity index is 2.11. The van der Waals surface area contributed by atoms with Gasteiger partial charge in [0.25, 0.3) is 0 Å². The Hall–Kier alpha value is -2.01. The van der Waals surface area contributed by atoms with Gasteiger partial charge < -0.3 is 10.5 Å². The zero-order chi connectivity index (χ0) is 14.6. The van der Waals surface area contributed by atoms with Crippen molar-refractivity contribution in [2.24, 2.45) is 0 Å². The molecule has 106 valence electrons. The number of nitrogen functional groups attached to an aromatic ring is 1. The van der Waals surface area contributed by atoms with E-state index in [1.54, 1.807) is 42.5 Å². The minimum atomic E-state index is -4.45. The third-order valence-corrected chi connectivity index (χ3v) is 2.80. The van der Waals surface area contributed by atoms with E-state index in [1.165, 1.54) is 12.1 Å². The molecule has 0 unspecified atom stereocenters. The van der Waals surface area contributed by atoms with Gasteiger partial charge in [-0.15, -0.1) is 0 Å². The van der Waals surface area contributed by atoms with Gasteiger partial charge in [0.05, 0.1) is 6.61 Å². The van der Waals surface area contributed by atoms with Crippen LogP contribution in [0.1, 0.15) is 17.2 Å². The van der Waals surface area contributed by atoms with Gasteiger partial charge in [-0.2, -0.15) is 13.2 Å². The molecule has 2 aromatic rings. The summed E-state index contributed by atoms with van der Waals surface area (Å²) in [6.45, 7) is -0.126. The maximum absolute atomic E-state index is 13.0. The molecule has 0 heterocycles. The molecule has 0 aromatic heterocycles. The molecule has 2 nitrogen and oxygen atoms in total. The van der Waals surface area contributed by atoms with Crippen LogP contribution in [-0.4, -0.2) is 6.18 Å². The summed E-state index contributed by atoms with van der Waals surface area (Å²) in [5.41, 5.74) is 6.82. The Morgan fingerprint density at radius 1 is 0.950 bits per heavy atom. The van der Waals surface area contributed by atoms with E-state index in [0.29, 0.717) is 11.3 Å². The second-order valence-electron chi connectivity index (χ2n) is 4.38. The quantitative estimate of drug-likeness (QED) is 0.857. The van der Waals surface area contributed by atoms with Crippen molar-refractivity contribution in [3.8, 4) is 0 Å². The standard InChI is InChI=1S/C15H14F3NO/c16-15(17,18)14(12-4-2-1-3-5-12)20-10-11-6-8-13(19)9-7-11/h1-9,14H,10,19H2/t14-/m1/s1. The summed E-state index contributed by atoms with van der Waals surface area (Å²) in [4.78, 5) is 0. The fourth-order valence-corrected chi connectivity index (χ4v) is 1.80. The lowest BCUT2D eigenvalue weighted by molar-refractivity contribution is -0.227. The Morgan fingerprint density at radius 2 is 1.55 bits per heavy atom. The van der Waals surface area contributed by atoms with Gasteiger partial charge in [0.1, 0.15) is 0 Å². The fourth-order valence-electron chi connectivity index (χ4n) is 1.80. The van der Waals surface area contributed by atoms with Gasteiger partial charge in [-0.25, -0.2) is 0 Å². The van der Waals surface area contributed by atoms with Crippen LogP contribution in [0.15, 0.2) is 54.6 Å². The maximum Gasteiger partial charge on any atom is 0.418 e. The number of hydrogen-bond donors (Lipinski definition) is 1. The zero-order valence-electron chi connectivity index (χ0n) is 10.6. The van der Waals surface area contributed by atoms with Crippen LogP contribution in [0.3, 0.4) is 0 Å². The lowest BCUT2D eigenvalue weighted by atomic mass is 10.1. The molecular weight excluding hydrogens is 267 g/mol. The Labute approximate surface area is 115 Å². The number of nitrogens with two attached hydrogens (primary N) is 1. The van der Waals surface area contributed by atoms with E-state index in [-0.39, 0.29) is 12.2 Å². The molecule has 0 bridgehead atoms. The van der Waals surface area contributed by atoms with Crippen molar-refractivity contribution < 1.29 is 17.9 Å². The van der Waals surface area contributed by atoms with Gasteiger partial charge in [0, 0.05) is 5.69 Å². The van der Waals surface area contributed by atoms with E-state index in [9.17, 15) is 13.2 Å². The first-order chi connectivity index (χ1) is 9.47. The number of alkyl halides is 3. The molecule has 0 amide bonds. The summed E-state index contributed by atoms with van der Waals surface area (Å²) in [7, 11) is 0. The molecule has 0 saturated carbocycles. The van der Waals surface area contributed by atoms with Crippen LogP contribution >= 0.6 is 0 Å². The highest BCUT2D eigenvalue weighted by atomic mass is 19.4. The van der Waals surface area contributed by atoms with Gasteiger partial charge in [0.15, 0.2) is 6.10 Å². The average molecular weight is 281 g/mol. The second-order valence-corrected chi connectivity index (χ2v) is 4.38. The van der Waals surface area contributed by atoms with Crippen molar-refractivity contribution in [2.75, 3.05) is 5.73 Å². The van der Waals surface area contributed by atoms with Crippen molar-refractivity contribution in [2.45, 2.75) is 18.9 Å². The fraction of sp³-hybridized carbons (Fsp3) is 0.200. The van der Waals surface area contributed by atoms with Crippen LogP contribution in [0.2, 0.25) is 0 Å². The molecular formula is C15H14F3NO. The van der Waals surface area contributed by atoms with E-state index < -0.39 is 12.3 Å². The summed E-state index contributed by atoms with van der Waals surface area (Å²) in [6.07, 6.45) is -6.38. The minimum absolute atomic E-state index is 0.0930. The van der Waals surface area contributed by atoms with Gasteiger partial charge >= 0.3 is 6.18 Å². The average Bonchev–Trinajstić information content (AvgIpc) is 2.41. The lowest BCUT2D eigenvalue weighted by Gasteiger charge is -2.21. The third kappa shape index (κ3) is 3.74. The predicted molar refractivity (Wildman–Crippen MR) is 70.9 cm³/mol. The van der Waals surface area contributed by atoms with E-state index in [0.717, 1.165) is 0 Å². The molecule has 0 aliphatic carbocycles. The van der Waals surface area contributed by atoms with Crippen LogP contribution in [0.4, 0.5) is 18.9 Å². The summed E-state index contributed by atoms with van der Waals surface area (Å²) in [5.74, 6) is 0. The van der Waals surface area contributed by atoms with Crippen LogP contribution < -0.4 is 5.73 Å². The number of hydrogen-bond acceptors (Lipinski definition) is 2. The van der Waals surface area contributed by atoms with E-state index in [4.69, 9.17) is 10.5 Å². The molecule has 2 N–H and O–H groups in total. The molecule has 2 rings (SSSR count). The summed E-state index contributed by atoms with van der Waals surface area (Å²) in [5, 5.41) is 0. The van der Waals surface area contributed by atoms with Gasteiger partial charge in [-0.05, 0) is 23.3 Å². The first-order valence-corrected chi connectivity index (χ1v) is 6.04. The molecule has 5 heteroatoms. The SMILES string of the molecule is Nc1ccc(CO[C@H](c2ccccc2)C(F)(F)F)cc1. The molecule has 0 saturated heterocycles. The molecule has 2 aromatic carbocycles. The Morgan fingerprint density at radius 3 is 2.10 bits per heavy atom. The number of benzene rings is 2. The van der Waals surface area contributed by atoms with Gasteiger partial charge in [0.2, 0.25) is 0 Å². The molecule has 0 radical (unpaired) electrons. The Bertz CT molecular complexity index is 537. The van der Waals surface area contributed by atoms with Crippen LogP contribution in [0.25, 0.3) is 0 Å². The molecule has 20 heavy (non-hydrogen) atoms. The number of anilines is 1. The van der Waals surface area contributed by atoms with E-state index in [1.807, 2.05) is 0 Å². The summed E-state index contributed by atoms with van der Waals surface area (Å²) in [6, 6.07) is 14.1. The highest BCUT2D eigenvalue weighted by Crippen LogP contribution is 2.36. The topological polar surface area (TPSA) is 35.2 Å². The van der Waals surface area contributed by atoms with Crippen molar-refractivity contribution in [3.63, 3.8) is 0 Å². The predicted octanol–water partition coefficient (Wildman–Crippen LogP) is 4.09. The minimum Gasteiger partial charge on any atom is -0.399 e. The summed E-state index contributed by atoms with van der Waals surface area (Å²) >= 11 is 0. The number of rotatable bonds is 4. The molecule has 0 fully saturated rings. The smallest absolute Gasteiger partial charge is 0.399 e. The molecule has 1 atom stereocenters. The highest BCUT2D eigenvalue weighted by molar-refractivity contribution is 5.39. The first kappa shape index (κ1) is 14.4. The zero-order valence-corrected chi connectivity index (χ0v) is 10.6. The maximum atomic E-state index is 13.0. The largest absolute Gasteiger partial charge is 0.418 e. The van der Waals surface area contributed by atoms with Crippen molar-refractivity contribution in [1.29, 1.82) is 0 Å². The van der Waals surface area contributed by atoms with E-state index >= 15 is 0 Å². The van der Waals surface area contributed by atoms with Crippen molar-refractivity contribution in [1.82, 2.24) is 0 Å². The lowest BCUT2D eigenvalue weighted by Crippen LogP contribution is -2.23. The van der Waals surface area contributed by atoms with Crippen LogP contribution in [0.5, 0.6) is 0 Å². The van der Waals surface area contributed by atoms with Crippen LogP contribution in [-0.2, 0) is 11.3 Å². The highest BCUT2D eigenvalue weighted by Gasteiger charge is 2.41. The van der Waals surface area contributed by atoms with Gasteiger partial charge in [-0.1, -0.05) is 42.5 Å². The number of ether oxygens (including phenoxy) is 1. The monoisotopic (exact) mass is 281 g/mol. The first-order valence-electron chi connectivity index (χ1n) is 6.04. The van der Waals surface area contributed by atoms with Crippen molar-refractivity contribution >= 4 is 5.69 Å². The molecule has 0 aliphatic heterocycles. The molecule has 0 aliphatic rings. The summed E-state index contributed by atoms with van der Waals surface area (Å²) < 4.78 is 44.1. The second kappa shape index (κ2) is 5.96. The Kier molecular flexibility index (Phi) is 4.29. The van der Waals surface area contributed by atoms with Crippen LogP contribution in [0, 0.1) is 0 Å². The normalized spacial score (nSPS) is 13.2. The van der Waals surface area contributed by atoms with Crippen molar-refractivity contribution in [3.05, 3.63) is 65.7 Å². The van der Waals surface area contributed by atoms with E-state index in [2.05, 4.69) is 0 Å². The van der Waals surface area contributed by atoms with Gasteiger partial charge in [-0.3, -0.25) is 0 Å². The number of halogens is 3. The third-order valence-electron chi connectivity index (χ3n) is 2.80. The molecule has 0 spiro atoms.